The van der Waals surface area contributed by atoms with Gasteiger partial charge < -0.3 is 5.32 Å². The number of rotatable bonds is 5. The molecule has 0 atom stereocenters. The van der Waals surface area contributed by atoms with Gasteiger partial charge >= 0.3 is 0 Å². The maximum absolute atomic E-state index is 4.77. The van der Waals surface area contributed by atoms with Crippen molar-refractivity contribution in [1.82, 2.24) is 15.1 Å². The zero-order chi connectivity index (χ0) is 14.2. The fraction of sp³-hybridized carbons (Fsp3) is 0.588. The fourth-order valence-corrected chi connectivity index (χ4v) is 3.29. The van der Waals surface area contributed by atoms with Gasteiger partial charge in [-0.1, -0.05) is 38.5 Å². The van der Waals surface area contributed by atoms with Gasteiger partial charge in [0.25, 0.3) is 0 Å². The summed E-state index contributed by atoms with van der Waals surface area (Å²) in [7, 11) is 2.05. The number of fused-ring (bicyclic) bond motifs is 1. The van der Waals surface area contributed by atoms with Gasteiger partial charge in [0.05, 0.1) is 11.2 Å². The third-order valence-corrected chi connectivity index (χ3v) is 4.68. The minimum atomic E-state index is 0.432. The van der Waals surface area contributed by atoms with Crippen LogP contribution in [0.15, 0.2) is 24.3 Å². The van der Waals surface area contributed by atoms with Crippen LogP contribution in [0.25, 0.3) is 10.9 Å². The average molecular weight is 271 g/mol. The van der Waals surface area contributed by atoms with Crippen molar-refractivity contribution in [2.75, 3.05) is 6.54 Å². The molecule has 20 heavy (non-hydrogen) atoms. The zero-order valence-corrected chi connectivity index (χ0v) is 12.8. The normalized spacial score (nSPS) is 17.6. The Balaban J connectivity index is 1.84. The van der Waals surface area contributed by atoms with E-state index in [1.807, 2.05) is 11.7 Å². The molecule has 1 aliphatic rings. The number of aryl methyl sites for hydroxylation is 1. The second-order valence-corrected chi connectivity index (χ2v) is 6.65. The summed E-state index contributed by atoms with van der Waals surface area (Å²) in [6.07, 6.45) is 5.13. The molecule has 1 aromatic carbocycles. The first kappa shape index (κ1) is 13.6. The third-order valence-electron chi connectivity index (χ3n) is 4.68. The predicted molar refractivity (Wildman–Crippen MR) is 83.8 cm³/mol. The Morgan fingerprint density at radius 2 is 2.05 bits per heavy atom. The van der Waals surface area contributed by atoms with Gasteiger partial charge in [0, 0.05) is 25.0 Å². The maximum atomic E-state index is 4.77. The molecule has 0 saturated heterocycles. The second kappa shape index (κ2) is 5.21. The Kier molecular flexibility index (Phi) is 3.55. The lowest BCUT2D eigenvalue weighted by Gasteiger charge is -2.42. The predicted octanol–water partition coefficient (Wildman–Crippen LogP) is 3.28. The van der Waals surface area contributed by atoms with Crippen molar-refractivity contribution in [2.45, 2.75) is 45.6 Å². The monoisotopic (exact) mass is 271 g/mol. The second-order valence-electron chi connectivity index (χ2n) is 6.65. The molecule has 108 valence electrons. The van der Waals surface area contributed by atoms with E-state index in [1.54, 1.807) is 0 Å². The SMILES string of the molecule is CC(C)NCC1(Cc2nn(C)c3ccccc23)CCC1. The minimum Gasteiger partial charge on any atom is -0.314 e. The Morgan fingerprint density at radius 1 is 1.30 bits per heavy atom. The summed E-state index contributed by atoms with van der Waals surface area (Å²) in [5.41, 5.74) is 2.95. The largest absolute Gasteiger partial charge is 0.314 e. The van der Waals surface area contributed by atoms with Crippen LogP contribution in [0.5, 0.6) is 0 Å². The quantitative estimate of drug-likeness (QED) is 0.904. The highest BCUT2D eigenvalue weighted by molar-refractivity contribution is 5.81. The molecule has 1 aliphatic carbocycles. The summed E-state index contributed by atoms with van der Waals surface area (Å²) in [6.45, 7) is 5.57. The number of nitrogens with one attached hydrogen (secondary N) is 1. The van der Waals surface area contributed by atoms with Crippen molar-refractivity contribution in [3.8, 4) is 0 Å². The zero-order valence-electron chi connectivity index (χ0n) is 12.8. The van der Waals surface area contributed by atoms with Gasteiger partial charge in [0.2, 0.25) is 0 Å². The van der Waals surface area contributed by atoms with Crippen LogP contribution in [0.4, 0.5) is 0 Å². The molecule has 0 unspecified atom stereocenters. The molecule has 1 saturated carbocycles. The lowest BCUT2D eigenvalue weighted by atomic mass is 9.65. The van der Waals surface area contributed by atoms with E-state index in [2.05, 4.69) is 43.4 Å². The minimum absolute atomic E-state index is 0.432. The highest BCUT2D eigenvalue weighted by Crippen LogP contribution is 2.43. The first-order valence-corrected chi connectivity index (χ1v) is 7.74. The molecule has 3 heteroatoms. The average Bonchev–Trinajstić information content (AvgIpc) is 2.70. The van der Waals surface area contributed by atoms with Crippen molar-refractivity contribution in [3.05, 3.63) is 30.0 Å². The molecule has 0 spiro atoms. The molecule has 2 aromatic rings. The molecule has 1 heterocycles. The number of nitrogens with zero attached hydrogens (tertiary/aromatic N) is 2. The molecular weight excluding hydrogens is 246 g/mol. The smallest absolute Gasteiger partial charge is 0.0709 e. The van der Waals surface area contributed by atoms with Gasteiger partial charge in [0.1, 0.15) is 0 Å². The fourth-order valence-electron chi connectivity index (χ4n) is 3.29. The summed E-state index contributed by atoms with van der Waals surface area (Å²) in [4.78, 5) is 0. The molecule has 0 radical (unpaired) electrons. The standard InChI is InChI=1S/C17H25N3/c1-13(2)18-12-17(9-6-10-17)11-15-14-7-4-5-8-16(14)20(3)19-15/h4-5,7-8,13,18H,6,9-12H2,1-3H3. The van der Waals surface area contributed by atoms with Crippen molar-refractivity contribution in [1.29, 1.82) is 0 Å². The topological polar surface area (TPSA) is 29.9 Å². The molecule has 1 fully saturated rings. The third kappa shape index (κ3) is 2.47. The van der Waals surface area contributed by atoms with E-state index in [4.69, 9.17) is 5.10 Å². The van der Waals surface area contributed by atoms with E-state index >= 15 is 0 Å². The first-order chi connectivity index (χ1) is 9.60. The van der Waals surface area contributed by atoms with Crippen molar-refractivity contribution >= 4 is 10.9 Å². The van der Waals surface area contributed by atoms with Gasteiger partial charge in [0.15, 0.2) is 0 Å². The van der Waals surface area contributed by atoms with E-state index in [0.717, 1.165) is 13.0 Å². The number of aromatic nitrogens is 2. The van der Waals surface area contributed by atoms with Crippen LogP contribution in [-0.4, -0.2) is 22.4 Å². The maximum Gasteiger partial charge on any atom is 0.0709 e. The molecular formula is C17H25N3. The molecule has 0 amide bonds. The molecule has 1 aromatic heterocycles. The van der Waals surface area contributed by atoms with Crippen molar-refractivity contribution in [3.63, 3.8) is 0 Å². The number of benzene rings is 1. The van der Waals surface area contributed by atoms with Gasteiger partial charge in [-0.15, -0.1) is 0 Å². The molecule has 3 nitrogen and oxygen atoms in total. The first-order valence-electron chi connectivity index (χ1n) is 7.74. The van der Waals surface area contributed by atoms with E-state index in [9.17, 15) is 0 Å². The van der Waals surface area contributed by atoms with Crippen LogP contribution in [0.3, 0.4) is 0 Å². The lowest BCUT2D eigenvalue weighted by molar-refractivity contribution is 0.125. The van der Waals surface area contributed by atoms with Crippen molar-refractivity contribution < 1.29 is 0 Å². The Morgan fingerprint density at radius 3 is 2.70 bits per heavy atom. The Hall–Kier alpha value is -1.35. The number of hydrogen-bond donors (Lipinski definition) is 1. The lowest BCUT2D eigenvalue weighted by Crippen LogP contribution is -2.43. The van der Waals surface area contributed by atoms with Crippen LogP contribution in [0.1, 0.15) is 38.8 Å². The van der Waals surface area contributed by atoms with Gasteiger partial charge in [-0.25, -0.2) is 0 Å². The van der Waals surface area contributed by atoms with Crippen LogP contribution < -0.4 is 5.32 Å². The summed E-state index contributed by atoms with van der Waals surface area (Å²) < 4.78 is 2.02. The van der Waals surface area contributed by atoms with Gasteiger partial charge in [-0.2, -0.15) is 5.10 Å². The molecule has 1 N–H and O–H groups in total. The molecule has 0 aliphatic heterocycles. The van der Waals surface area contributed by atoms with Gasteiger partial charge in [-0.05, 0) is 30.7 Å². The Bertz CT molecular complexity index is 593. The van der Waals surface area contributed by atoms with E-state index in [-0.39, 0.29) is 0 Å². The molecule has 3 rings (SSSR count). The van der Waals surface area contributed by atoms with Crippen molar-refractivity contribution in [2.24, 2.45) is 12.5 Å². The highest BCUT2D eigenvalue weighted by Gasteiger charge is 2.37. The summed E-state index contributed by atoms with van der Waals surface area (Å²) in [5, 5.41) is 9.73. The summed E-state index contributed by atoms with van der Waals surface area (Å²) >= 11 is 0. The van der Waals surface area contributed by atoms with Crippen LogP contribution >= 0.6 is 0 Å². The molecule has 0 bridgehead atoms. The summed E-state index contributed by atoms with van der Waals surface area (Å²) in [6, 6.07) is 9.14. The van der Waals surface area contributed by atoms with E-state index in [1.165, 1.54) is 35.9 Å². The van der Waals surface area contributed by atoms with E-state index < -0.39 is 0 Å². The van der Waals surface area contributed by atoms with E-state index in [0.29, 0.717) is 11.5 Å². The number of hydrogen-bond acceptors (Lipinski definition) is 2. The summed E-state index contributed by atoms with van der Waals surface area (Å²) in [5.74, 6) is 0. The van der Waals surface area contributed by atoms with Crippen LogP contribution in [-0.2, 0) is 13.5 Å². The number of para-hydroxylation sites is 1. The Labute approximate surface area is 121 Å². The van der Waals surface area contributed by atoms with Crippen LogP contribution in [0.2, 0.25) is 0 Å². The van der Waals surface area contributed by atoms with Crippen LogP contribution in [0, 0.1) is 5.41 Å². The van der Waals surface area contributed by atoms with Gasteiger partial charge in [-0.3, -0.25) is 4.68 Å². The highest BCUT2D eigenvalue weighted by atomic mass is 15.3.